The predicted octanol–water partition coefficient (Wildman–Crippen LogP) is 0.516. The summed E-state index contributed by atoms with van der Waals surface area (Å²) in [5.41, 5.74) is 6.17. The number of nitrogens with zero attached hydrogens (tertiary/aromatic N) is 2. The Morgan fingerprint density at radius 3 is 2.94 bits per heavy atom. The third-order valence-corrected chi connectivity index (χ3v) is 2.40. The van der Waals surface area contributed by atoms with Gasteiger partial charge in [0.2, 0.25) is 5.91 Å². The van der Waals surface area contributed by atoms with Crippen LogP contribution in [0.3, 0.4) is 0 Å². The molecule has 1 rings (SSSR count). The number of nitrogens with one attached hydrogen (secondary N) is 1. The van der Waals surface area contributed by atoms with Crippen LogP contribution in [0.25, 0.3) is 0 Å². The van der Waals surface area contributed by atoms with E-state index in [2.05, 4.69) is 10.3 Å². The highest BCUT2D eigenvalue weighted by Gasteiger charge is 2.09. The SMILES string of the molecule is COCCNC(=O)CN(C)c1cc(N)cc(Cl)n1. The predicted molar refractivity (Wildman–Crippen MR) is 71.8 cm³/mol. The van der Waals surface area contributed by atoms with Crippen molar-refractivity contribution < 1.29 is 9.53 Å². The molecule has 0 aliphatic rings. The van der Waals surface area contributed by atoms with Crippen LogP contribution in [0.5, 0.6) is 0 Å². The molecule has 0 aromatic carbocycles. The molecule has 100 valence electrons. The molecule has 1 aromatic heterocycles. The smallest absolute Gasteiger partial charge is 0.239 e. The summed E-state index contributed by atoms with van der Waals surface area (Å²) in [5, 5.41) is 3.02. The number of methoxy groups -OCH3 is 1. The molecular formula is C11H17ClN4O2. The molecule has 1 aromatic rings. The zero-order valence-corrected chi connectivity index (χ0v) is 11.2. The van der Waals surface area contributed by atoms with Gasteiger partial charge in [-0.3, -0.25) is 4.79 Å². The van der Waals surface area contributed by atoms with E-state index in [4.69, 9.17) is 22.1 Å². The van der Waals surface area contributed by atoms with Gasteiger partial charge in [-0.1, -0.05) is 11.6 Å². The highest BCUT2D eigenvalue weighted by Crippen LogP contribution is 2.18. The van der Waals surface area contributed by atoms with Crippen LogP contribution in [0.1, 0.15) is 0 Å². The van der Waals surface area contributed by atoms with Crippen molar-refractivity contribution in [2.24, 2.45) is 0 Å². The lowest BCUT2D eigenvalue weighted by Crippen LogP contribution is -2.37. The van der Waals surface area contributed by atoms with E-state index in [0.717, 1.165) is 0 Å². The van der Waals surface area contributed by atoms with Crippen molar-refractivity contribution in [2.45, 2.75) is 0 Å². The molecule has 1 heterocycles. The quantitative estimate of drug-likeness (QED) is 0.583. The second kappa shape index (κ2) is 7.03. The van der Waals surface area contributed by atoms with E-state index in [-0.39, 0.29) is 12.5 Å². The number of ether oxygens (including phenoxy) is 1. The van der Waals surface area contributed by atoms with E-state index in [1.54, 1.807) is 31.2 Å². The average Bonchev–Trinajstić information content (AvgIpc) is 2.28. The van der Waals surface area contributed by atoms with E-state index in [0.29, 0.717) is 29.8 Å². The van der Waals surface area contributed by atoms with Gasteiger partial charge in [0.05, 0.1) is 13.2 Å². The van der Waals surface area contributed by atoms with E-state index < -0.39 is 0 Å². The molecule has 0 saturated carbocycles. The Morgan fingerprint density at radius 2 is 2.33 bits per heavy atom. The Labute approximate surface area is 111 Å². The Bertz CT molecular complexity index is 394. The first-order chi connectivity index (χ1) is 8.52. The summed E-state index contributed by atoms with van der Waals surface area (Å²) in [5.74, 6) is 0.441. The molecule has 0 aliphatic heterocycles. The van der Waals surface area contributed by atoms with Crippen LogP contribution in [-0.4, -0.2) is 44.7 Å². The molecule has 0 radical (unpaired) electrons. The van der Waals surface area contributed by atoms with Gasteiger partial charge >= 0.3 is 0 Å². The number of nitrogen functional groups attached to an aromatic ring is 1. The summed E-state index contributed by atoms with van der Waals surface area (Å²) in [4.78, 5) is 17.3. The number of carbonyl (C=O) groups is 1. The first-order valence-electron chi connectivity index (χ1n) is 5.42. The molecular weight excluding hydrogens is 256 g/mol. The maximum Gasteiger partial charge on any atom is 0.239 e. The summed E-state index contributed by atoms with van der Waals surface area (Å²) < 4.78 is 4.84. The fraction of sp³-hybridized carbons (Fsp3) is 0.455. The van der Waals surface area contributed by atoms with Crippen LogP contribution in [0.2, 0.25) is 5.15 Å². The second-order valence-electron chi connectivity index (χ2n) is 3.78. The number of nitrogens with two attached hydrogens (primary N) is 1. The van der Waals surface area contributed by atoms with Crippen LogP contribution in [0.4, 0.5) is 11.5 Å². The van der Waals surface area contributed by atoms with Gasteiger partial charge in [-0.05, 0) is 6.07 Å². The van der Waals surface area contributed by atoms with Crippen LogP contribution in [0, 0.1) is 0 Å². The maximum absolute atomic E-state index is 11.6. The van der Waals surface area contributed by atoms with Crippen molar-refractivity contribution in [3.05, 3.63) is 17.3 Å². The van der Waals surface area contributed by atoms with Crippen molar-refractivity contribution in [2.75, 3.05) is 44.5 Å². The van der Waals surface area contributed by atoms with Gasteiger partial charge in [0.15, 0.2) is 0 Å². The van der Waals surface area contributed by atoms with Crippen LogP contribution >= 0.6 is 11.6 Å². The molecule has 0 spiro atoms. The Morgan fingerprint density at radius 1 is 1.61 bits per heavy atom. The summed E-state index contributed by atoms with van der Waals surface area (Å²) in [6.45, 7) is 1.14. The molecule has 1 amide bonds. The second-order valence-corrected chi connectivity index (χ2v) is 4.17. The maximum atomic E-state index is 11.6. The first kappa shape index (κ1) is 14.5. The molecule has 0 atom stereocenters. The van der Waals surface area contributed by atoms with Gasteiger partial charge in [-0.2, -0.15) is 0 Å². The lowest BCUT2D eigenvalue weighted by molar-refractivity contribution is -0.119. The van der Waals surface area contributed by atoms with Gasteiger partial charge in [-0.25, -0.2) is 4.98 Å². The molecule has 18 heavy (non-hydrogen) atoms. The summed E-state index contributed by atoms with van der Waals surface area (Å²) >= 11 is 5.80. The molecule has 7 heteroatoms. The number of carbonyl (C=O) groups excluding carboxylic acids is 1. The standard InChI is InChI=1S/C11H17ClN4O2/c1-16(7-11(17)14-3-4-18-2)10-6-8(13)5-9(12)15-10/h5-6H,3-4,7H2,1-2H3,(H2,13,15)(H,14,17). The van der Waals surface area contributed by atoms with Gasteiger partial charge in [-0.15, -0.1) is 0 Å². The summed E-state index contributed by atoms with van der Waals surface area (Å²) in [7, 11) is 3.32. The minimum absolute atomic E-state index is 0.116. The Hall–Kier alpha value is -1.53. The van der Waals surface area contributed by atoms with Crippen LogP contribution in [-0.2, 0) is 9.53 Å². The molecule has 0 saturated heterocycles. The fourth-order valence-corrected chi connectivity index (χ4v) is 1.56. The largest absolute Gasteiger partial charge is 0.399 e. The highest BCUT2D eigenvalue weighted by atomic mass is 35.5. The van der Waals surface area contributed by atoms with Gasteiger partial charge in [0.25, 0.3) is 0 Å². The third-order valence-electron chi connectivity index (χ3n) is 2.20. The topological polar surface area (TPSA) is 80.5 Å². The number of hydrogen-bond donors (Lipinski definition) is 2. The average molecular weight is 273 g/mol. The van der Waals surface area contributed by atoms with E-state index >= 15 is 0 Å². The van der Waals surface area contributed by atoms with Crippen molar-refractivity contribution in [3.63, 3.8) is 0 Å². The van der Waals surface area contributed by atoms with Crippen molar-refractivity contribution in [1.82, 2.24) is 10.3 Å². The zero-order chi connectivity index (χ0) is 13.5. The van der Waals surface area contributed by atoms with Crippen LogP contribution in [0.15, 0.2) is 12.1 Å². The van der Waals surface area contributed by atoms with E-state index in [1.165, 1.54) is 0 Å². The molecule has 0 aliphatic carbocycles. The van der Waals surface area contributed by atoms with Crippen LogP contribution < -0.4 is 16.0 Å². The molecule has 0 unspecified atom stereocenters. The molecule has 3 N–H and O–H groups in total. The lowest BCUT2D eigenvalue weighted by Gasteiger charge is -2.18. The van der Waals surface area contributed by atoms with E-state index in [1.807, 2.05) is 0 Å². The monoisotopic (exact) mass is 272 g/mol. The number of rotatable bonds is 6. The van der Waals surface area contributed by atoms with Crippen molar-refractivity contribution in [1.29, 1.82) is 0 Å². The highest BCUT2D eigenvalue weighted by molar-refractivity contribution is 6.29. The summed E-state index contributed by atoms with van der Waals surface area (Å²) in [6.07, 6.45) is 0. The number of aromatic nitrogens is 1. The summed E-state index contributed by atoms with van der Waals surface area (Å²) in [6, 6.07) is 3.21. The Kier molecular flexibility index (Phi) is 5.67. The molecule has 0 fully saturated rings. The number of halogens is 1. The van der Waals surface area contributed by atoms with Gasteiger partial charge in [0.1, 0.15) is 11.0 Å². The fourth-order valence-electron chi connectivity index (χ4n) is 1.34. The minimum atomic E-state index is -0.116. The molecule has 6 nitrogen and oxygen atoms in total. The lowest BCUT2D eigenvalue weighted by atomic mass is 10.3. The van der Waals surface area contributed by atoms with Gasteiger partial charge in [0, 0.05) is 32.5 Å². The zero-order valence-electron chi connectivity index (χ0n) is 10.4. The number of likely N-dealkylation sites (N-methyl/N-ethyl adjacent to an activating group) is 1. The number of pyridine rings is 1. The first-order valence-corrected chi connectivity index (χ1v) is 5.80. The van der Waals surface area contributed by atoms with Crippen molar-refractivity contribution in [3.8, 4) is 0 Å². The van der Waals surface area contributed by atoms with Crippen molar-refractivity contribution >= 4 is 29.0 Å². The minimum Gasteiger partial charge on any atom is -0.399 e. The number of anilines is 2. The number of amides is 1. The Balaban J connectivity index is 2.53. The van der Waals surface area contributed by atoms with Gasteiger partial charge < -0.3 is 20.7 Å². The molecule has 0 bridgehead atoms. The number of hydrogen-bond acceptors (Lipinski definition) is 5. The van der Waals surface area contributed by atoms with E-state index in [9.17, 15) is 4.79 Å². The normalized spacial score (nSPS) is 10.2. The third kappa shape index (κ3) is 4.77.